The molecule has 1 atom stereocenters. The Morgan fingerprint density at radius 1 is 1.16 bits per heavy atom. The van der Waals surface area contributed by atoms with Crippen LogP contribution in [0.15, 0.2) is 36.4 Å². The van der Waals surface area contributed by atoms with E-state index >= 15 is 0 Å². The van der Waals surface area contributed by atoms with Crippen LogP contribution < -0.4 is 0 Å². The minimum absolute atomic E-state index is 0.197. The average molecular weight is 256 g/mol. The first kappa shape index (κ1) is 13.6. The first-order valence-corrected chi connectivity index (χ1v) is 6.80. The maximum Gasteiger partial charge on any atom is 0.303 e. The number of carbonyl (C=O) groups is 1. The molecule has 0 saturated heterocycles. The van der Waals surface area contributed by atoms with Gasteiger partial charge in [0.05, 0.1) is 0 Å². The lowest BCUT2D eigenvalue weighted by Gasteiger charge is -2.13. The first-order valence-electron chi connectivity index (χ1n) is 6.80. The van der Waals surface area contributed by atoms with Gasteiger partial charge in [-0.2, -0.15) is 0 Å². The number of hydrogen-bond acceptors (Lipinski definition) is 2. The third-order valence-corrected chi connectivity index (χ3v) is 3.28. The Hall–Kier alpha value is -1.83. The highest BCUT2D eigenvalue weighted by atomic mass is 16.5. The van der Waals surface area contributed by atoms with Crippen molar-refractivity contribution in [3.8, 4) is 0 Å². The fourth-order valence-corrected chi connectivity index (χ4v) is 2.33. The second-order valence-corrected chi connectivity index (χ2v) is 4.94. The molecule has 0 saturated carbocycles. The molecule has 2 aromatic carbocycles. The Kier molecular flexibility index (Phi) is 4.20. The largest absolute Gasteiger partial charge is 0.458 e. The van der Waals surface area contributed by atoms with Gasteiger partial charge in [0.2, 0.25) is 0 Å². The van der Waals surface area contributed by atoms with Crippen LogP contribution in [0.1, 0.15) is 44.4 Å². The van der Waals surface area contributed by atoms with Gasteiger partial charge in [-0.05, 0) is 41.3 Å². The zero-order valence-electron chi connectivity index (χ0n) is 11.8. The van der Waals surface area contributed by atoms with Crippen LogP contribution in [0.4, 0.5) is 0 Å². The van der Waals surface area contributed by atoms with Gasteiger partial charge in [0, 0.05) is 6.92 Å². The van der Waals surface area contributed by atoms with Crippen molar-refractivity contribution in [3.05, 3.63) is 47.5 Å². The molecule has 100 valence electrons. The number of rotatable bonds is 4. The fraction of sp³-hybridized carbons (Fsp3) is 0.353. The van der Waals surface area contributed by atoms with Crippen LogP contribution in [0.25, 0.3) is 10.8 Å². The highest BCUT2D eigenvalue weighted by Gasteiger charge is 2.09. The van der Waals surface area contributed by atoms with Crippen LogP contribution in [0.5, 0.6) is 0 Å². The summed E-state index contributed by atoms with van der Waals surface area (Å²) >= 11 is 0. The summed E-state index contributed by atoms with van der Waals surface area (Å²) in [6.45, 7) is 5.52. The molecule has 0 heterocycles. The second-order valence-electron chi connectivity index (χ2n) is 4.94. The molecule has 0 aliphatic rings. The van der Waals surface area contributed by atoms with Gasteiger partial charge in [-0.1, -0.05) is 43.7 Å². The summed E-state index contributed by atoms with van der Waals surface area (Å²) in [5.74, 6) is -0.245. The molecule has 1 unspecified atom stereocenters. The molecule has 0 spiro atoms. The number of benzene rings is 2. The summed E-state index contributed by atoms with van der Waals surface area (Å²) in [5.41, 5.74) is 2.40. The van der Waals surface area contributed by atoms with E-state index in [1.807, 2.05) is 13.0 Å². The van der Waals surface area contributed by atoms with E-state index in [1.165, 1.54) is 23.3 Å². The second kappa shape index (κ2) is 5.87. The number of esters is 1. The maximum atomic E-state index is 11.0. The predicted molar refractivity (Wildman–Crippen MR) is 78.1 cm³/mol. The number of ether oxygens (including phenoxy) is 1. The third kappa shape index (κ3) is 3.34. The van der Waals surface area contributed by atoms with Crippen molar-refractivity contribution in [3.63, 3.8) is 0 Å². The van der Waals surface area contributed by atoms with E-state index in [1.54, 1.807) is 0 Å². The van der Waals surface area contributed by atoms with E-state index in [0.29, 0.717) is 0 Å². The van der Waals surface area contributed by atoms with Crippen molar-refractivity contribution in [1.82, 2.24) is 0 Å². The fourth-order valence-electron chi connectivity index (χ4n) is 2.33. The lowest BCUT2D eigenvalue weighted by Crippen LogP contribution is -2.04. The molecule has 0 N–H and O–H groups in total. The Morgan fingerprint density at radius 3 is 2.53 bits per heavy atom. The van der Waals surface area contributed by atoms with Gasteiger partial charge in [-0.3, -0.25) is 4.79 Å². The van der Waals surface area contributed by atoms with Crippen molar-refractivity contribution in [2.75, 3.05) is 0 Å². The lowest BCUT2D eigenvalue weighted by atomic mass is 10.0. The Labute approximate surface area is 114 Å². The van der Waals surface area contributed by atoms with E-state index < -0.39 is 0 Å². The van der Waals surface area contributed by atoms with Crippen LogP contribution in [-0.4, -0.2) is 5.97 Å². The molecule has 2 aromatic rings. The zero-order valence-corrected chi connectivity index (χ0v) is 11.8. The SMILES string of the molecule is CCCc1ccc2cc(C(C)OC(C)=O)ccc2c1. The van der Waals surface area contributed by atoms with E-state index in [0.717, 1.165) is 18.4 Å². The smallest absolute Gasteiger partial charge is 0.303 e. The monoisotopic (exact) mass is 256 g/mol. The Balaban J connectivity index is 2.30. The number of hydrogen-bond donors (Lipinski definition) is 0. The molecule has 2 heteroatoms. The lowest BCUT2D eigenvalue weighted by molar-refractivity contribution is -0.145. The average Bonchev–Trinajstić information content (AvgIpc) is 2.37. The van der Waals surface area contributed by atoms with Gasteiger partial charge in [-0.15, -0.1) is 0 Å². The Morgan fingerprint density at radius 2 is 1.84 bits per heavy atom. The first-order chi connectivity index (χ1) is 9.10. The number of carbonyl (C=O) groups excluding carboxylic acids is 1. The highest BCUT2D eigenvalue weighted by Crippen LogP contribution is 2.24. The molecule has 0 fully saturated rings. The van der Waals surface area contributed by atoms with Gasteiger partial charge < -0.3 is 4.74 Å². The van der Waals surface area contributed by atoms with E-state index in [2.05, 4.69) is 37.3 Å². The van der Waals surface area contributed by atoms with E-state index in [9.17, 15) is 4.79 Å². The quantitative estimate of drug-likeness (QED) is 0.757. The van der Waals surface area contributed by atoms with Crippen molar-refractivity contribution in [2.45, 2.75) is 39.7 Å². The minimum Gasteiger partial charge on any atom is -0.458 e. The van der Waals surface area contributed by atoms with Gasteiger partial charge >= 0.3 is 5.97 Å². The van der Waals surface area contributed by atoms with Gasteiger partial charge in [0.1, 0.15) is 6.10 Å². The molecule has 19 heavy (non-hydrogen) atoms. The third-order valence-electron chi connectivity index (χ3n) is 3.28. The van der Waals surface area contributed by atoms with Crippen molar-refractivity contribution >= 4 is 16.7 Å². The molecular formula is C17H20O2. The van der Waals surface area contributed by atoms with Crippen molar-refractivity contribution in [2.24, 2.45) is 0 Å². The summed E-state index contributed by atoms with van der Waals surface area (Å²) < 4.78 is 5.21. The minimum atomic E-state index is -0.245. The predicted octanol–water partition coefficient (Wildman–Crippen LogP) is 4.42. The molecular weight excluding hydrogens is 236 g/mol. The summed E-state index contributed by atoms with van der Waals surface area (Å²) in [4.78, 5) is 11.0. The number of aryl methyl sites for hydroxylation is 1. The van der Waals surface area contributed by atoms with Crippen molar-refractivity contribution in [1.29, 1.82) is 0 Å². The summed E-state index contributed by atoms with van der Waals surface area (Å²) in [5, 5.41) is 2.43. The molecule has 0 radical (unpaired) electrons. The molecule has 2 rings (SSSR count). The van der Waals surface area contributed by atoms with Crippen molar-refractivity contribution < 1.29 is 9.53 Å². The summed E-state index contributed by atoms with van der Waals surface area (Å²) in [7, 11) is 0. The highest BCUT2D eigenvalue weighted by molar-refractivity contribution is 5.84. The molecule has 0 aromatic heterocycles. The summed E-state index contributed by atoms with van der Waals surface area (Å²) in [6.07, 6.45) is 2.08. The molecule has 0 aliphatic carbocycles. The van der Waals surface area contributed by atoms with E-state index in [4.69, 9.17) is 4.74 Å². The molecule has 0 bridgehead atoms. The van der Waals surface area contributed by atoms with E-state index in [-0.39, 0.29) is 12.1 Å². The normalized spacial score (nSPS) is 12.4. The Bertz CT molecular complexity index is 587. The van der Waals surface area contributed by atoms with Crippen LogP contribution in [0, 0.1) is 0 Å². The number of fused-ring (bicyclic) bond motifs is 1. The van der Waals surface area contributed by atoms with Crippen LogP contribution in [-0.2, 0) is 16.0 Å². The maximum absolute atomic E-state index is 11.0. The van der Waals surface area contributed by atoms with Gasteiger partial charge in [0.15, 0.2) is 0 Å². The summed E-state index contributed by atoms with van der Waals surface area (Å²) in [6, 6.07) is 12.8. The topological polar surface area (TPSA) is 26.3 Å². The van der Waals surface area contributed by atoms with Gasteiger partial charge in [-0.25, -0.2) is 0 Å². The standard InChI is InChI=1S/C17H20O2/c1-4-5-14-6-7-17-11-15(8-9-16(17)10-14)12(2)19-13(3)18/h6-12H,4-5H2,1-3H3. The van der Waals surface area contributed by atoms with Crippen LogP contribution in [0.2, 0.25) is 0 Å². The van der Waals surface area contributed by atoms with Crippen LogP contribution >= 0.6 is 0 Å². The zero-order chi connectivity index (χ0) is 13.8. The van der Waals surface area contributed by atoms with Crippen LogP contribution in [0.3, 0.4) is 0 Å². The molecule has 0 aliphatic heterocycles. The van der Waals surface area contributed by atoms with Gasteiger partial charge in [0.25, 0.3) is 0 Å². The molecule has 0 amide bonds. The molecule has 2 nitrogen and oxygen atoms in total.